The van der Waals surface area contributed by atoms with Gasteiger partial charge in [0.25, 0.3) is 0 Å². The molecule has 1 aromatic carbocycles. The quantitative estimate of drug-likeness (QED) is 0.508. The molecular formula is C11H16NO+. The first-order valence-electron chi connectivity index (χ1n) is 4.36. The van der Waals surface area contributed by atoms with Gasteiger partial charge in [-0.25, -0.2) is 0 Å². The Labute approximate surface area is 79.4 Å². The van der Waals surface area contributed by atoms with Gasteiger partial charge in [0, 0.05) is 11.1 Å². The summed E-state index contributed by atoms with van der Waals surface area (Å²) in [5, 5.41) is 0. The van der Waals surface area contributed by atoms with E-state index < -0.39 is 0 Å². The van der Waals surface area contributed by atoms with Gasteiger partial charge in [0.1, 0.15) is 12.8 Å². The number of hydrogen-bond donors (Lipinski definition) is 0. The molecule has 0 bridgehead atoms. The largest absolute Gasteiger partial charge is 0.327 e. The van der Waals surface area contributed by atoms with Gasteiger partial charge >= 0.3 is 0 Å². The van der Waals surface area contributed by atoms with Crippen LogP contribution < -0.4 is 0 Å². The third-order valence-corrected chi connectivity index (χ3v) is 1.77. The predicted octanol–water partition coefficient (Wildman–Crippen LogP) is 1.71. The summed E-state index contributed by atoms with van der Waals surface area (Å²) in [6.45, 7) is 0.985. The molecule has 0 radical (unpaired) electrons. The fourth-order valence-corrected chi connectivity index (χ4v) is 1.25. The maximum atomic E-state index is 10.4. The summed E-state index contributed by atoms with van der Waals surface area (Å²) in [6.07, 6.45) is 0.871. The van der Waals surface area contributed by atoms with Crippen LogP contribution in [0.3, 0.4) is 0 Å². The van der Waals surface area contributed by atoms with E-state index in [9.17, 15) is 4.79 Å². The Morgan fingerprint density at radius 3 is 2.08 bits per heavy atom. The van der Waals surface area contributed by atoms with Crippen molar-refractivity contribution in [3.05, 3.63) is 35.4 Å². The van der Waals surface area contributed by atoms with Crippen LogP contribution in [-0.4, -0.2) is 31.9 Å². The second-order valence-corrected chi connectivity index (χ2v) is 4.31. The van der Waals surface area contributed by atoms with Crippen molar-refractivity contribution >= 4 is 6.29 Å². The van der Waals surface area contributed by atoms with Crippen LogP contribution in [0.2, 0.25) is 0 Å². The zero-order chi connectivity index (χ0) is 9.90. The second kappa shape index (κ2) is 3.71. The molecule has 2 nitrogen and oxygen atoms in total. The number of nitrogens with zero attached hydrogens (tertiary/aromatic N) is 1. The Morgan fingerprint density at radius 1 is 1.15 bits per heavy atom. The van der Waals surface area contributed by atoms with Gasteiger partial charge in [-0.2, -0.15) is 0 Å². The number of aldehydes is 1. The van der Waals surface area contributed by atoms with E-state index in [2.05, 4.69) is 21.1 Å². The average molecular weight is 178 g/mol. The van der Waals surface area contributed by atoms with Crippen molar-refractivity contribution in [2.75, 3.05) is 21.1 Å². The lowest BCUT2D eigenvalue weighted by Crippen LogP contribution is -2.33. The third-order valence-electron chi connectivity index (χ3n) is 1.77. The summed E-state index contributed by atoms with van der Waals surface area (Å²) in [5.74, 6) is 0. The molecule has 0 N–H and O–H groups in total. The number of benzene rings is 1. The van der Waals surface area contributed by atoms with Crippen LogP contribution >= 0.6 is 0 Å². The molecule has 13 heavy (non-hydrogen) atoms. The van der Waals surface area contributed by atoms with Crippen LogP contribution in [0.25, 0.3) is 0 Å². The van der Waals surface area contributed by atoms with E-state index in [0.29, 0.717) is 0 Å². The Kier molecular flexibility index (Phi) is 2.83. The topological polar surface area (TPSA) is 17.1 Å². The van der Waals surface area contributed by atoms with E-state index in [1.165, 1.54) is 5.56 Å². The average Bonchev–Trinajstić information content (AvgIpc) is 2.03. The van der Waals surface area contributed by atoms with Crippen molar-refractivity contribution in [2.45, 2.75) is 6.54 Å². The molecule has 0 fully saturated rings. The standard InChI is InChI=1S/C11H16NO/c1-12(2,3)8-10-4-6-11(9-13)7-5-10/h4-7,9H,8H2,1-3H3/q+1. The number of quaternary nitrogens is 1. The summed E-state index contributed by atoms with van der Waals surface area (Å²) in [4.78, 5) is 10.4. The molecule has 0 heterocycles. The number of rotatable bonds is 3. The normalized spacial score (nSPS) is 11.3. The second-order valence-electron chi connectivity index (χ2n) is 4.31. The SMILES string of the molecule is C[N+](C)(C)Cc1ccc(C=O)cc1. The minimum atomic E-state index is 0.741. The first-order valence-corrected chi connectivity index (χ1v) is 4.36. The molecule has 0 aliphatic carbocycles. The van der Waals surface area contributed by atoms with Gasteiger partial charge in [0.2, 0.25) is 0 Å². The van der Waals surface area contributed by atoms with Crippen molar-refractivity contribution in [3.63, 3.8) is 0 Å². The van der Waals surface area contributed by atoms with E-state index in [1.54, 1.807) is 0 Å². The van der Waals surface area contributed by atoms with Gasteiger partial charge in [0.15, 0.2) is 0 Å². The number of hydrogen-bond acceptors (Lipinski definition) is 1. The summed E-state index contributed by atoms with van der Waals surface area (Å²) in [5.41, 5.74) is 2.00. The highest BCUT2D eigenvalue weighted by atomic mass is 16.1. The van der Waals surface area contributed by atoms with Crippen LogP contribution in [0.5, 0.6) is 0 Å². The van der Waals surface area contributed by atoms with Gasteiger partial charge in [-0.15, -0.1) is 0 Å². The molecule has 0 unspecified atom stereocenters. The highest BCUT2D eigenvalue weighted by Crippen LogP contribution is 2.07. The highest BCUT2D eigenvalue weighted by Gasteiger charge is 2.07. The fourth-order valence-electron chi connectivity index (χ4n) is 1.25. The van der Waals surface area contributed by atoms with Crippen LogP contribution in [0.4, 0.5) is 0 Å². The fraction of sp³-hybridized carbons (Fsp3) is 0.364. The molecule has 0 saturated carbocycles. The molecule has 0 atom stereocenters. The van der Waals surface area contributed by atoms with Crippen LogP contribution in [-0.2, 0) is 6.54 Å². The van der Waals surface area contributed by atoms with Gasteiger partial charge in [-0.1, -0.05) is 24.3 Å². The summed E-state index contributed by atoms with van der Waals surface area (Å²) in [7, 11) is 6.44. The minimum Gasteiger partial charge on any atom is -0.327 e. The zero-order valence-corrected chi connectivity index (χ0v) is 8.45. The third kappa shape index (κ3) is 3.38. The molecule has 2 heteroatoms. The molecule has 0 aliphatic rings. The molecule has 1 rings (SSSR count). The first-order chi connectivity index (χ1) is 6.01. The Bertz CT molecular complexity index is 282. The van der Waals surface area contributed by atoms with Gasteiger partial charge in [-0.3, -0.25) is 4.79 Å². The molecule has 0 aliphatic heterocycles. The molecule has 70 valence electrons. The lowest BCUT2D eigenvalue weighted by atomic mass is 10.1. The van der Waals surface area contributed by atoms with Crippen LogP contribution in [0.1, 0.15) is 15.9 Å². The number of carbonyl (C=O) groups excluding carboxylic acids is 1. The summed E-state index contributed by atoms with van der Waals surface area (Å²) in [6, 6.07) is 7.73. The van der Waals surface area contributed by atoms with E-state index >= 15 is 0 Å². The van der Waals surface area contributed by atoms with E-state index in [-0.39, 0.29) is 0 Å². The van der Waals surface area contributed by atoms with E-state index in [4.69, 9.17) is 0 Å². The zero-order valence-electron chi connectivity index (χ0n) is 8.45. The van der Waals surface area contributed by atoms with Gasteiger partial charge in [0.05, 0.1) is 21.1 Å². The maximum absolute atomic E-state index is 10.4. The van der Waals surface area contributed by atoms with Gasteiger partial charge < -0.3 is 4.48 Å². The van der Waals surface area contributed by atoms with Gasteiger partial charge in [-0.05, 0) is 0 Å². The lowest BCUT2D eigenvalue weighted by Gasteiger charge is -2.23. The molecule has 0 saturated heterocycles. The summed E-state index contributed by atoms with van der Waals surface area (Å²) < 4.78 is 0.903. The predicted molar refractivity (Wildman–Crippen MR) is 53.6 cm³/mol. The van der Waals surface area contributed by atoms with Crippen LogP contribution in [0, 0.1) is 0 Å². The molecule has 0 spiro atoms. The number of carbonyl (C=O) groups is 1. The molecule has 0 amide bonds. The van der Waals surface area contributed by atoms with E-state index in [0.717, 1.165) is 22.9 Å². The van der Waals surface area contributed by atoms with Crippen molar-refractivity contribution in [1.29, 1.82) is 0 Å². The maximum Gasteiger partial charge on any atom is 0.150 e. The Morgan fingerprint density at radius 2 is 1.69 bits per heavy atom. The Balaban J connectivity index is 2.75. The first kappa shape index (κ1) is 9.93. The molecule has 1 aromatic rings. The molecule has 0 aromatic heterocycles. The summed E-state index contributed by atoms with van der Waals surface area (Å²) >= 11 is 0. The Hall–Kier alpha value is -1.15. The van der Waals surface area contributed by atoms with E-state index in [1.807, 2.05) is 24.3 Å². The van der Waals surface area contributed by atoms with Crippen molar-refractivity contribution < 1.29 is 9.28 Å². The minimum absolute atomic E-state index is 0.741. The van der Waals surface area contributed by atoms with Crippen molar-refractivity contribution in [1.82, 2.24) is 0 Å². The molecular weight excluding hydrogens is 162 g/mol. The van der Waals surface area contributed by atoms with Crippen molar-refractivity contribution in [2.24, 2.45) is 0 Å². The lowest BCUT2D eigenvalue weighted by molar-refractivity contribution is -0.884. The van der Waals surface area contributed by atoms with Crippen LogP contribution in [0.15, 0.2) is 24.3 Å². The highest BCUT2D eigenvalue weighted by molar-refractivity contribution is 5.74. The van der Waals surface area contributed by atoms with Crippen molar-refractivity contribution in [3.8, 4) is 0 Å². The monoisotopic (exact) mass is 178 g/mol. The smallest absolute Gasteiger partial charge is 0.150 e.